The second kappa shape index (κ2) is 10.2. The van der Waals surface area contributed by atoms with E-state index in [9.17, 15) is 25.9 Å². The lowest BCUT2D eigenvalue weighted by Gasteiger charge is -2.08. The Labute approximate surface area is 229 Å². The number of benzene rings is 5. The maximum Gasteiger partial charge on any atom is 0.297 e. The number of nitrogen functional groups attached to an aromatic ring is 1. The molecule has 0 saturated heterocycles. The predicted molar refractivity (Wildman–Crippen MR) is 151 cm³/mol. The monoisotopic (exact) mass is 575 g/mol. The van der Waals surface area contributed by atoms with Gasteiger partial charge in [0.15, 0.2) is 0 Å². The van der Waals surface area contributed by atoms with E-state index in [-0.39, 0.29) is 27.0 Å². The van der Waals surface area contributed by atoms with Crippen molar-refractivity contribution in [1.29, 1.82) is 0 Å². The number of hydrogen-bond acceptors (Lipinski definition) is 9. The first kappa shape index (κ1) is 27.0. The summed E-state index contributed by atoms with van der Waals surface area (Å²) in [5.41, 5.74) is 8.16. The zero-order valence-electron chi connectivity index (χ0n) is 20.8. The van der Waals surface area contributed by atoms with Crippen molar-refractivity contribution in [2.24, 2.45) is 20.5 Å². The molecule has 0 fully saturated rings. The summed E-state index contributed by atoms with van der Waals surface area (Å²) in [4.78, 5) is -0.800. The molecule has 5 aromatic carbocycles. The highest BCUT2D eigenvalue weighted by Crippen LogP contribution is 2.38. The molecule has 13 heteroatoms. The molecule has 5 aromatic rings. The van der Waals surface area contributed by atoms with E-state index in [1.54, 1.807) is 48.5 Å². The van der Waals surface area contributed by atoms with Crippen LogP contribution in [0, 0.1) is 6.92 Å². The molecular weight excluding hydrogens is 554 g/mol. The summed E-state index contributed by atoms with van der Waals surface area (Å²) < 4.78 is 67.8. The van der Waals surface area contributed by atoms with Gasteiger partial charge in [0.2, 0.25) is 0 Å². The van der Waals surface area contributed by atoms with Gasteiger partial charge in [-0.15, -0.1) is 15.3 Å². The Balaban J connectivity index is 1.67. The highest BCUT2D eigenvalue weighted by Gasteiger charge is 2.20. The molecule has 0 saturated carbocycles. The van der Waals surface area contributed by atoms with Crippen LogP contribution in [0.3, 0.4) is 0 Å². The maximum absolute atomic E-state index is 12.3. The summed E-state index contributed by atoms with van der Waals surface area (Å²) in [7, 11) is -9.24. The lowest BCUT2D eigenvalue weighted by molar-refractivity contribution is 0.481. The van der Waals surface area contributed by atoms with Crippen LogP contribution in [0.15, 0.2) is 115 Å². The second-order valence-corrected chi connectivity index (χ2v) is 11.6. The first-order valence-electron chi connectivity index (χ1n) is 11.6. The fourth-order valence-electron chi connectivity index (χ4n) is 4.22. The topological polar surface area (TPSA) is 184 Å². The van der Waals surface area contributed by atoms with Gasteiger partial charge in [-0.2, -0.15) is 21.9 Å². The molecule has 5 rings (SSSR count). The summed E-state index contributed by atoms with van der Waals surface area (Å²) >= 11 is 0. The fraction of sp³-hybridized carbons (Fsp3) is 0.0370. The Hall–Kier alpha value is -4.56. The van der Waals surface area contributed by atoms with Crippen LogP contribution in [-0.4, -0.2) is 25.9 Å². The number of azo groups is 2. The van der Waals surface area contributed by atoms with Crippen molar-refractivity contribution >= 4 is 70.2 Å². The zero-order chi connectivity index (χ0) is 28.7. The van der Waals surface area contributed by atoms with Crippen LogP contribution in [0.5, 0.6) is 0 Å². The van der Waals surface area contributed by atoms with E-state index in [0.29, 0.717) is 27.8 Å². The third-order valence-corrected chi connectivity index (χ3v) is 7.90. The highest BCUT2D eigenvalue weighted by molar-refractivity contribution is 7.86. The fourth-order valence-corrected chi connectivity index (χ4v) is 5.56. The third kappa shape index (κ3) is 5.44. The molecule has 0 aliphatic rings. The smallest absolute Gasteiger partial charge is 0.297 e. The number of fused-ring (bicyclic) bond motifs is 2. The number of anilines is 1. The third-order valence-electron chi connectivity index (χ3n) is 6.11. The van der Waals surface area contributed by atoms with Crippen molar-refractivity contribution in [2.75, 3.05) is 5.73 Å². The normalized spacial score (nSPS) is 12.7. The molecule has 0 aromatic heterocycles. The van der Waals surface area contributed by atoms with Gasteiger partial charge < -0.3 is 5.73 Å². The van der Waals surface area contributed by atoms with Gasteiger partial charge in [-0.3, -0.25) is 9.11 Å². The quantitative estimate of drug-likeness (QED) is 0.108. The number of aryl methyl sites for hydroxylation is 1. The van der Waals surface area contributed by atoms with E-state index in [2.05, 4.69) is 20.5 Å². The van der Waals surface area contributed by atoms with Crippen molar-refractivity contribution in [3.8, 4) is 0 Å². The average molecular weight is 576 g/mol. The number of nitrogens with zero attached hydrogens (tertiary/aromatic N) is 4. The van der Waals surface area contributed by atoms with Crippen LogP contribution in [0.1, 0.15) is 5.56 Å². The minimum absolute atomic E-state index is 0.122. The lowest BCUT2D eigenvalue weighted by atomic mass is 10.1. The van der Waals surface area contributed by atoms with Crippen LogP contribution in [0.4, 0.5) is 28.4 Å². The first-order chi connectivity index (χ1) is 18.9. The van der Waals surface area contributed by atoms with Gasteiger partial charge >= 0.3 is 0 Å². The van der Waals surface area contributed by atoms with E-state index in [4.69, 9.17) is 5.73 Å². The van der Waals surface area contributed by atoms with E-state index in [0.717, 1.165) is 5.56 Å². The molecule has 40 heavy (non-hydrogen) atoms. The van der Waals surface area contributed by atoms with Gasteiger partial charge in [-0.25, -0.2) is 0 Å². The Bertz CT molecular complexity index is 2090. The zero-order valence-corrected chi connectivity index (χ0v) is 22.4. The summed E-state index contributed by atoms with van der Waals surface area (Å²) in [6.07, 6.45) is 0. The molecule has 0 radical (unpaired) electrons. The molecule has 0 amide bonds. The summed E-state index contributed by atoms with van der Waals surface area (Å²) in [6, 6.07) is 21.7. The molecule has 202 valence electrons. The minimum atomic E-state index is -4.68. The molecule has 0 bridgehead atoms. The standard InChI is InChI=1S/C27H21N5O6S2/c1-16-14-18(28)7-11-23(16)29-30-24-12-13-25(22-15-19(39(33,34)35)8-9-21(22)24)31-32-26-10-6-17-4-2-3-5-20(17)27(26)40(36,37)38/h2-15H,28H2,1H3,(H,33,34,35)(H,36,37,38)/b30-29+,32-31+. The predicted octanol–water partition coefficient (Wildman–Crippen LogP) is 7.21. The molecular formula is C27H21N5O6S2. The Morgan fingerprint density at radius 3 is 1.88 bits per heavy atom. The van der Waals surface area contributed by atoms with E-state index >= 15 is 0 Å². The van der Waals surface area contributed by atoms with Crippen LogP contribution >= 0.6 is 0 Å². The van der Waals surface area contributed by atoms with Gasteiger partial charge in [0.25, 0.3) is 20.2 Å². The van der Waals surface area contributed by atoms with Crippen molar-refractivity contribution in [1.82, 2.24) is 0 Å². The molecule has 0 heterocycles. The molecule has 11 nitrogen and oxygen atoms in total. The summed E-state index contributed by atoms with van der Waals surface area (Å²) in [5.74, 6) is 0. The first-order valence-corrected chi connectivity index (χ1v) is 14.5. The van der Waals surface area contributed by atoms with Crippen molar-refractivity contribution in [3.05, 3.63) is 90.5 Å². The van der Waals surface area contributed by atoms with E-state index < -0.39 is 25.1 Å². The summed E-state index contributed by atoms with van der Waals surface area (Å²) in [6.45, 7) is 1.83. The van der Waals surface area contributed by atoms with Crippen molar-refractivity contribution in [2.45, 2.75) is 16.7 Å². The van der Waals surface area contributed by atoms with Crippen molar-refractivity contribution < 1.29 is 25.9 Å². The molecule has 0 atom stereocenters. The van der Waals surface area contributed by atoms with Gasteiger partial charge in [0.05, 0.1) is 22.0 Å². The van der Waals surface area contributed by atoms with Gasteiger partial charge in [0, 0.05) is 21.8 Å². The van der Waals surface area contributed by atoms with Gasteiger partial charge in [0.1, 0.15) is 10.6 Å². The van der Waals surface area contributed by atoms with Crippen LogP contribution in [0.2, 0.25) is 0 Å². The number of rotatable bonds is 6. The number of nitrogens with two attached hydrogens (primary N) is 1. The Kier molecular flexibility index (Phi) is 6.89. The maximum atomic E-state index is 12.3. The Morgan fingerprint density at radius 1 is 0.600 bits per heavy atom. The minimum Gasteiger partial charge on any atom is -0.399 e. The number of hydrogen-bond donors (Lipinski definition) is 3. The second-order valence-electron chi connectivity index (χ2n) is 8.84. The van der Waals surface area contributed by atoms with Crippen LogP contribution in [-0.2, 0) is 20.2 Å². The van der Waals surface area contributed by atoms with E-state index in [1.807, 2.05) is 6.92 Å². The molecule has 0 aliphatic heterocycles. The SMILES string of the molecule is Cc1cc(N)ccc1/N=N/c1ccc(/N=N/c2ccc3ccccc3c2S(=O)(=O)O)c2cc(S(=O)(=O)O)ccc12. The molecule has 0 spiro atoms. The highest BCUT2D eigenvalue weighted by atomic mass is 32.2. The average Bonchev–Trinajstić information content (AvgIpc) is 2.90. The Morgan fingerprint density at radius 2 is 1.20 bits per heavy atom. The van der Waals surface area contributed by atoms with Crippen molar-refractivity contribution in [3.63, 3.8) is 0 Å². The lowest BCUT2D eigenvalue weighted by Crippen LogP contribution is -1.99. The van der Waals surface area contributed by atoms with Gasteiger partial charge in [-0.1, -0.05) is 36.4 Å². The van der Waals surface area contributed by atoms with Crippen LogP contribution in [0.25, 0.3) is 21.5 Å². The molecule has 0 unspecified atom stereocenters. The van der Waals surface area contributed by atoms with Crippen LogP contribution < -0.4 is 5.73 Å². The molecule has 0 aliphatic carbocycles. The van der Waals surface area contributed by atoms with Gasteiger partial charge in [-0.05, 0) is 66.4 Å². The molecule has 4 N–H and O–H groups in total. The van der Waals surface area contributed by atoms with E-state index in [1.165, 1.54) is 36.4 Å². The summed E-state index contributed by atoms with van der Waals surface area (Å²) in [5, 5.41) is 18.4. The largest absolute Gasteiger partial charge is 0.399 e.